The van der Waals surface area contributed by atoms with Gasteiger partial charge in [-0.3, -0.25) is 0 Å². The molecule has 29 heavy (non-hydrogen) atoms. The zero-order chi connectivity index (χ0) is 20.8. The zero-order valence-electron chi connectivity index (χ0n) is 16.9. The smallest absolute Gasteiger partial charge is 0.354 e. The molecule has 0 aliphatic carbocycles. The highest BCUT2D eigenvalue weighted by Gasteiger charge is 2.22. The number of carbonyl (C=O) groups is 1. The van der Waals surface area contributed by atoms with Gasteiger partial charge in [0.1, 0.15) is 11.4 Å². The van der Waals surface area contributed by atoms with Crippen LogP contribution in [0.3, 0.4) is 0 Å². The normalized spacial score (nSPS) is 10.4. The number of rotatable bonds is 7. The Hall–Kier alpha value is -3.52. The highest BCUT2D eigenvalue weighted by molar-refractivity contribution is 6.00. The van der Waals surface area contributed by atoms with Crippen LogP contribution < -0.4 is 4.74 Å². The Kier molecular flexibility index (Phi) is 6.36. The third kappa shape index (κ3) is 4.17. The van der Waals surface area contributed by atoms with E-state index in [-0.39, 0.29) is 6.61 Å². The second-order valence-electron chi connectivity index (χ2n) is 6.60. The van der Waals surface area contributed by atoms with Gasteiger partial charge in [-0.15, -0.1) is 0 Å². The summed E-state index contributed by atoms with van der Waals surface area (Å²) in [6.45, 7) is 12.3. The van der Waals surface area contributed by atoms with Gasteiger partial charge in [-0.1, -0.05) is 49.4 Å². The van der Waals surface area contributed by atoms with Crippen molar-refractivity contribution in [3.63, 3.8) is 0 Å². The number of hydrogen-bond donors (Lipinski definition) is 0. The summed E-state index contributed by atoms with van der Waals surface area (Å²) in [6.07, 6.45) is 2.60. The van der Waals surface area contributed by atoms with E-state index < -0.39 is 5.97 Å². The Morgan fingerprint density at radius 3 is 2.41 bits per heavy atom. The van der Waals surface area contributed by atoms with Crippen molar-refractivity contribution in [2.45, 2.75) is 20.3 Å². The van der Waals surface area contributed by atoms with E-state index in [1.54, 1.807) is 24.7 Å². The summed E-state index contributed by atoms with van der Waals surface area (Å²) in [5.41, 5.74) is 4.24. The first-order chi connectivity index (χ1) is 14.1. The first kappa shape index (κ1) is 20.2. The molecule has 0 saturated heterocycles. The van der Waals surface area contributed by atoms with Crippen LogP contribution in [0.25, 0.3) is 27.1 Å². The lowest BCUT2D eigenvalue weighted by Crippen LogP contribution is -2.10. The number of hydrogen-bond acceptors (Lipinski definition) is 3. The fourth-order valence-electron chi connectivity index (χ4n) is 3.28. The quantitative estimate of drug-likeness (QED) is 0.375. The zero-order valence-corrected chi connectivity index (χ0v) is 16.9. The minimum atomic E-state index is -0.428. The molecule has 0 N–H and O–H groups in total. The number of benzene rings is 2. The van der Waals surface area contributed by atoms with Gasteiger partial charge in [0, 0.05) is 24.4 Å². The molecule has 148 valence electrons. The van der Waals surface area contributed by atoms with Gasteiger partial charge >= 0.3 is 5.97 Å². The SMILES string of the molecule is [C-]#[N+]c1cn(C)c(C(=O)OCC)c1-c1ccc(-c2ccccc2OCCC)cc1. The molecule has 0 saturated carbocycles. The molecule has 3 rings (SSSR count). The number of carbonyl (C=O) groups excluding carboxylic acids is 1. The summed E-state index contributed by atoms with van der Waals surface area (Å²) in [7, 11) is 1.75. The molecule has 1 aromatic heterocycles. The van der Waals surface area contributed by atoms with E-state index in [4.69, 9.17) is 16.0 Å². The highest BCUT2D eigenvalue weighted by Crippen LogP contribution is 2.38. The van der Waals surface area contributed by atoms with Gasteiger partial charge in [0.15, 0.2) is 0 Å². The first-order valence-electron chi connectivity index (χ1n) is 9.67. The number of ether oxygens (including phenoxy) is 2. The van der Waals surface area contributed by atoms with Crippen molar-refractivity contribution >= 4 is 11.7 Å². The summed E-state index contributed by atoms with van der Waals surface area (Å²) in [6, 6.07) is 15.8. The van der Waals surface area contributed by atoms with Crippen LogP contribution in [0.1, 0.15) is 30.8 Å². The first-order valence-corrected chi connectivity index (χ1v) is 9.67. The Labute approximate surface area is 171 Å². The van der Waals surface area contributed by atoms with Crippen LogP contribution in [-0.2, 0) is 11.8 Å². The molecule has 0 amide bonds. The summed E-state index contributed by atoms with van der Waals surface area (Å²) in [5, 5.41) is 0. The summed E-state index contributed by atoms with van der Waals surface area (Å²) >= 11 is 0. The average Bonchev–Trinajstić information content (AvgIpc) is 3.09. The molecular formula is C24H24N2O3. The summed E-state index contributed by atoms with van der Waals surface area (Å²) in [4.78, 5) is 16.1. The predicted molar refractivity (Wildman–Crippen MR) is 114 cm³/mol. The lowest BCUT2D eigenvalue weighted by molar-refractivity contribution is 0.0516. The maximum absolute atomic E-state index is 12.5. The monoisotopic (exact) mass is 388 g/mol. The molecule has 0 bridgehead atoms. The van der Waals surface area contributed by atoms with Crippen molar-refractivity contribution in [1.82, 2.24) is 4.57 Å². The number of nitrogens with zero attached hydrogens (tertiary/aromatic N) is 2. The molecule has 0 radical (unpaired) electrons. The number of aromatic nitrogens is 1. The van der Waals surface area contributed by atoms with Crippen molar-refractivity contribution < 1.29 is 14.3 Å². The Morgan fingerprint density at radius 1 is 1.07 bits per heavy atom. The third-order valence-electron chi connectivity index (χ3n) is 4.58. The van der Waals surface area contributed by atoms with Gasteiger partial charge in [-0.05, 0) is 30.5 Å². The fourth-order valence-corrected chi connectivity index (χ4v) is 3.28. The van der Waals surface area contributed by atoms with E-state index in [9.17, 15) is 4.79 Å². The molecule has 0 aliphatic heterocycles. The molecular weight excluding hydrogens is 364 g/mol. The van der Waals surface area contributed by atoms with Crippen LogP contribution in [0.5, 0.6) is 5.75 Å². The van der Waals surface area contributed by atoms with Gasteiger partial charge in [0.25, 0.3) is 0 Å². The molecule has 0 fully saturated rings. The molecule has 2 aromatic carbocycles. The molecule has 0 spiro atoms. The number of para-hydroxylation sites is 1. The van der Waals surface area contributed by atoms with Gasteiger partial charge in [0.05, 0.1) is 19.8 Å². The predicted octanol–water partition coefficient (Wildman–Crippen LogP) is 5.88. The van der Waals surface area contributed by atoms with E-state index in [1.165, 1.54) is 0 Å². The van der Waals surface area contributed by atoms with Gasteiger partial charge in [0.2, 0.25) is 5.69 Å². The van der Waals surface area contributed by atoms with Crippen molar-refractivity contribution in [1.29, 1.82) is 0 Å². The fraction of sp³-hybridized carbons (Fsp3) is 0.250. The molecule has 0 atom stereocenters. The Morgan fingerprint density at radius 2 is 1.76 bits per heavy atom. The van der Waals surface area contributed by atoms with Crippen LogP contribution in [-0.4, -0.2) is 23.8 Å². The van der Waals surface area contributed by atoms with E-state index in [1.807, 2.05) is 48.5 Å². The highest BCUT2D eigenvalue weighted by atomic mass is 16.5. The van der Waals surface area contributed by atoms with Crippen molar-refractivity contribution in [3.05, 3.63) is 71.8 Å². The minimum absolute atomic E-state index is 0.282. The van der Waals surface area contributed by atoms with E-state index in [0.29, 0.717) is 23.6 Å². The molecule has 0 unspecified atom stereocenters. The lowest BCUT2D eigenvalue weighted by Gasteiger charge is -2.12. The number of esters is 1. The molecule has 1 heterocycles. The van der Waals surface area contributed by atoms with Gasteiger partial charge in [-0.2, -0.15) is 0 Å². The van der Waals surface area contributed by atoms with Crippen molar-refractivity contribution in [2.24, 2.45) is 7.05 Å². The Balaban J connectivity index is 2.03. The van der Waals surface area contributed by atoms with Gasteiger partial charge in [-0.25, -0.2) is 9.64 Å². The standard InChI is InChI=1S/C24H24N2O3/c1-5-15-29-21-10-8-7-9-19(21)17-11-13-18(14-12-17)22-20(25-3)16-26(4)23(22)24(27)28-6-2/h7-14,16H,5-6,15H2,1-2,4H3. The number of aryl methyl sites for hydroxylation is 1. The van der Waals surface area contributed by atoms with Crippen LogP contribution in [0.4, 0.5) is 5.69 Å². The van der Waals surface area contributed by atoms with Crippen LogP contribution >= 0.6 is 0 Å². The minimum Gasteiger partial charge on any atom is -0.493 e. The van der Waals surface area contributed by atoms with E-state index in [2.05, 4.69) is 11.8 Å². The molecule has 5 heteroatoms. The van der Waals surface area contributed by atoms with Crippen molar-refractivity contribution in [2.75, 3.05) is 13.2 Å². The van der Waals surface area contributed by atoms with Crippen LogP contribution in [0.15, 0.2) is 54.7 Å². The topological polar surface area (TPSA) is 44.8 Å². The maximum atomic E-state index is 12.5. The summed E-state index contributed by atoms with van der Waals surface area (Å²) in [5.74, 6) is 0.415. The van der Waals surface area contributed by atoms with Crippen LogP contribution in [0.2, 0.25) is 0 Å². The summed E-state index contributed by atoms with van der Waals surface area (Å²) < 4.78 is 12.7. The molecule has 0 aliphatic rings. The maximum Gasteiger partial charge on any atom is 0.354 e. The third-order valence-corrected chi connectivity index (χ3v) is 4.58. The molecule has 3 aromatic rings. The second kappa shape index (κ2) is 9.11. The second-order valence-corrected chi connectivity index (χ2v) is 6.60. The average molecular weight is 388 g/mol. The Bertz CT molecular complexity index is 1040. The largest absolute Gasteiger partial charge is 0.493 e. The lowest BCUT2D eigenvalue weighted by atomic mass is 9.99. The van der Waals surface area contributed by atoms with E-state index in [0.717, 1.165) is 28.9 Å². The van der Waals surface area contributed by atoms with E-state index >= 15 is 0 Å². The molecule has 5 nitrogen and oxygen atoms in total. The van der Waals surface area contributed by atoms with Crippen molar-refractivity contribution in [3.8, 4) is 28.0 Å². The van der Waals surface area contributed by atoms with Crippen LogP contribution in [0, 0.1) is 6.57 Å². The van der Waals surface area contributed by atoms with Gasteiger partial charge < -0.3 is 14.0 Å².